The van der Waals surface area contributed by atoms with Gasteiger partial charge in [-0.15, -0.1) is 0 Å². The van der Waals surface area contributed by atoms with E-state index in [0.717, 1.165) is 22.3 Å². The molecule has 2 aliphatic rings. The first-order valence-corrected chi connectivity index (χ1v) is 12.3. The molecule has 1 aliphatic carbocycles. The monoisotopic (exact) mass is 478 g/mol. The Hall–Kier alpha value is -3.35. The smallest absolute Gasteiger partial charge is 0.407 e. The predicted molar refractivity (Wildman–Crippen MR) is 133 cm³/mol. The zero-order chi connectivity index (χ0) is 25.2. The number of nitrogens with zero attached hydrogens (tertiary/aromatic N) is 1. The van der Waals surface area contributed by atoms with Crippen LogP contribution in [-0.2, 0) is 14.3 Å². The van der Waals surface area contributed by atoms with Crippen molar-refractivity contribution in [1.29, 1.82) is 0 Å². The predicted octanol–water partition coefficient (Wildman–Crippen LogP) is 4.65. The Balaban J connectivity index is 1.39. The van der Waals surface area contributed by atoms with Gasteiger partial charge in [0.2, 0.25) is 5.91 Å². The Kier molecular flexibility index (Phi) is 7.15. The van der Waals surface area contributed by atoms with Crippen LogP contribution in [0.2, 0.25) is 0 Å². The van der Waals surface area contributed by atoms with Crippen molar-refractivity contribution in [3.05, 3.63) is 59.7 Å². The number of fused-ring (bicyclic) bond motifs is 3. The van der Waals surface area contributed by atoms with Crippen molar-refractivity contribution in [1.82, 2.24) is 10.2 Å². The van der Waals surface area contributed by atoms with E-state index in [1.165, 1.54) is 0 Å². The van der Waals surface area contributed by atoms with Crippen LogP contribution in [0.15, 0.2) is 48.5 Å². The van der Waals surface area contributed by atoms with E-state index in [9.17, 15) is 14.4 Å². The number of benzene rings is 2. The summed E-state index contributed by atoms with van der Waals surface area (Å²) in [5.41, 5.74) is 4.07. The van der Waals surface area contributed by atoms with Gasteiger partial charge in [-0.25, -0.2) is 4.79 Å². The van der Waals surface area contributed by atoms with Gasteiger partial charge in [0, 0.05) is 25.4 Å². The number of alkyl carbamates (subject to hydrolysis) is 1. The van der Waals surface area contributed by atoms with E-state index in [1.54, 1.807) is 4.90 Å². The SMILES string of the molecule is CC(C)(C)[C@H](NC(=O)OCC1c2ccccc2-c2ccccc21)C(=O)N1CCC(CC(=O)O)CC1. The highest BCUT2D eigenvalue weighted by Gasteiger charge is 2.38. The maximum atomic E-state index is 13.3. The molecule has 0 radical (unpaired) electrons. The van der Waals surface area contributed by atoms with Crippen molar-refractivity contribution < 1.29 is 24.2 Å². The van der Waals surface area contributed by atoms with Crippen molar-refractivity contribution in [2.75, 3.05) is 19.7 Å². The van der Waals surface area contributed by atoms with E-state index in [0.29, 0.717) is 25.9 Å². The number of aliphatic carboxylic acids is 1. The molecule has 2 aromatic carbocycles. The van der Waals surface area contributed by atoms with Crippen LogP contribution in [0.3, 0.4) is 0 Å². The van der Waals surface area contributed by atoms with Crippen molar-refractivity contribution in [3.63, 3.8) is 0 Å². The fourth-order valence-corrected chi connectivity index (χ4v) is 5.19. The Morgan fingerprint density at radius 3 is 2.06 bits per heavy atom. The number of carbonyl (C=O) groups excluding carboxylic acids is 2. The van der Waals surface area contributed by atoms with Crippen LogP contribution in [0.1, 0.15) is 57.1 Å². The van der Waals surface area contributed by atoms with Crippen LogP contribution >= 0.6 is 0 Å². The molecule has 186 valence electrons. The van der Waals surface area contributed by atoms with Gasteiger partial charge in [0.25, 0.3) is 0 Å². The average Bonchev–Trinajstić information content (AvgIpc) is 3.14. The molecule has 1 fully saturated rings. The molecule has 7 heteroatoms. The normalized spacial score (nSPS) is 16.8. The molecular formula is C28H34N2O5. The Morgan fingerprint density at radius 2 is 1.54 bits per heavy atom. The third kappa shape index (κ3) is 5.50. The number of rotatable bonds is 6. The maximum Gasteiger partial charge on any atom is 0.407 e. The van der Waals surface area contributed by atoms with Crippen molar-refractivity contribution >= 4 is 18.0 Å². The number of ether oxygens (including phenoxy) is 1. The number of carboxylic acid groups (broad SMARTS) is 1. The highest BCUT2D eigenvalue weighted by atomic mass is 16.5. The van der Waals surface area contributed by atoms with Gasteiger partial charge in [0.1, 0.15) is 12.6 Å². The molecule has 0 saturated carbocycles. The molecule has 0 bridgehead atoms. The minimum Gasteiger partial charge on any atom is -0.481 e. The second kappa shape index (κ2) is 10.1. The van der Waals surface area contributed by atoms with Crippen LogP contribution in [0.4, 0.5) is 4.79 Å². The molecule has 7 nitrogen and oxygen atoms in total. The summed E-state index contributed by atoms with van der Waals surface area (Å²) in [6.07, 6.45) is 0.823. The molecule has 35 heavy (non-hydrogen) atoms. The highest BCUT2D eigenvalue weighted by molar-refractivity contribution is 5.86. The molecule has 0 unspecified atom stereocenters. The van der Waals surface area contributed by atoms with E-state index in [4.69, 9.17) is 9.84 Å². The summed E-state index contributed by atoms with van der Waals surface area (Å²) in [6.45, 7) is 6.92. The number of likely N-dealkylation sites (tertiary alicyclic amines) is 1. The fraction of sp³-hybridized carbons (Fsp3) is 0.464. The van der Waals surface area contributed by atoms with Crippen molar-refractivity contribution in [2.45, 2.75) is 52.0 Å². The Labute approximate surface area is 206 Å². The lowest BCUT2D eigenvalue weighted by molar-refractivity contribution is -0.139. The van der Waals surface area contributed by atoms with Gasteiger partial charge in [-0.3, -0.25) is 9.59 Å². The topological polar surface area (TPSA) is 95.9 Å². The summed E-state index contributed by atoms with van der Waals surface area (Å²) in [4.78, 5) is 38.9. The lowest BCUT2D eigenvalue weighted by Crippen LogP contribution is -2.56. The molecule has 1 heterocycles. The summed E-state index contributed by atoms with van der Waals surface area (Å²) in [6, 6.07) is 15.6. The number of nitrogens with one attached hydrogen (secondary N) is 1. The largest absolute Gasteiger partial charge is 0.481 e. The molecule has 1 atom stereocenters. The quantitative estimate of drug-likeness (QED) is 0.630. The van der Waals surface area contributed by atoms with Crippen LogP contribution in [-0.4, -0.2) is 53.7 Å². The van der Waals surface area contributed by atoms with Crippen LogP contribution < -0.4 is 5.32 Å². The second-order valence-electron chi connectivity index (χ2n) is 10.6. The van der Waals surface area contributed by atoms with E-state index >= 15 is 0 Å². The number of hydrogen-bond donors (Lipinski definition) is 2. The first-order valence-electron chi connectivity index (χ1n) is 12.3. The molecule has 4 rings (SSSR count). The minimum atomic E-state index is -0.806. The molecule has 2 aromatic rings. The molecule has 0 spiro atoms. The molecule has 2 amide bonds. The van der Waals surface area contributed by atoms with Gasteiger partial charge in [-0.05, 0) is 46.4 Å². The maximum absolute atomic E-state index is 13.3. The molecule has 1 saturated heterocycles. The third-order valence-electron chi connectivity index (χ3n) is 7.11. The van der Waals surface area contributed by atoms with E-state index < -0.39 is 23.5 Å². The van der Waals surface area contributed by atoms with E-state index in [1.807, 2.05) is 45.0 Å². The lowest BCUT2D eigenvalue weighted by Gasteiger charge is -2.38. The molecule has 1 aliphatic heterocycles. The van der Waals surface area contributed by atoms with Gasteiger partial charge < -0.3 is 20.1 Å². The lowest BCUT2D eigenvalue weighted by atomic mass is 9.85. The number of piperidine rings is 1. The van der Waals surface area contributed by atoms with Gasteiger partial charge in [-0.1, -0.05) is 69.3 Å². The third-order valence-corrected chi connectivity index (χ3v) is 7.11. The van der Waals surface area contributed by atoms with Crippen molar-refractivity contribution in [3.8, 4) is 11.1 Å². The summed E-state index contributed by atoms with van der Waals surface area (Å²) < 4.78 is 5.68. The van der Waals surface area contributed by atoms with E-state index in [-0.39, 0.29) is 30.8 Å². The first kappa shape index (κ1) is 24.8. The average molecular weight is 479 g/mol. The Morgan fingerprint density at radius 1 is 1.00 bits per heavy atom. The number of amides is 2. The van der Waals surface area contributed by atoms with Crippen LogP contribution in [0, 0.1) is 11.3 Å². The Bertz CT molecular complexity index is 1050. The second-order valence-corrected chi connectivity index (χ2v) is 10.6. The zero-order valence-corrected chi connectivity index (χ0v) is 20.6. The summed E-state index contributed by atoms with van der Waals surface area (Å²) >= 11 is 0. The number of carbonyl (C=O) groups is 3. The number of carboxylic acids is 1. The van der Waals surface area contributed by atoms with Gasteiger partial charge in [-0.2, -0.15) is 0 Å². The zero-order valence-electron chi connectivity index (χ0n) is 20.6. The van der Waals surface area contributed by atoms with Crippen LogP contribution in [0.25, 0.3) is 11.1 Å². The summed E-state index contributed by atoms with van der Waals surface area (Å²) in [7, 11) is 0. The minimum absolute atomic E-state index is 0.0507. The summed E-state index contributed by atoms with van der Waals surface area (Å²) in [5, 5.41) is 11.9. The van der Waals surface area contributed by atoms with E-state index in [2.05, 4.69) is 29.6 Å². The van der Waals surface area contributed by atoms with Crippen molar-refractivity contribution in [2.24, 2.45) is 11.3 Å². The first-order chi connectivity index (χ1) is 16.6. The molecule has 2 N–H and O–H groups in total. The fourth-order valence-electron chi connectivity index (χ4n) is 5.19. The van der Waals surface area contributed by atoms with Gasteiger partial charge in [0.15, 0.2) is 0 Å². The van der Waals surface area contributed by atoms with Gasteiger partial charge >= 0.3 is 12.1 Å². The standard InChI is InChI=1S/C28H34N2O5/c1-28(2,3)25(26(33)30-14-12-18(13-15-30)16-24(31)32)29-27(34)35-17-23-21-10-6-4-8-19(21)20-9-5-7-11-22(20)23/h4-11,18,23,25H,12-17H2,1-3H3,(H,29,34)(H,31,32)/t25-/m1/s1. The van der Waals surface area contributed by atoms with Gasteiger partial charge in [0.05, 0.1) is 0 Å². The number of hydrogen-bond acceptors (Lipinski definition) is 4. The molecule has 0 aromatic heterocycles. The summed E-state index contributed by atoms with van der Waals surface area (Å²) in [5.74, 6) is -0.927. The molecular weight excluding hydrogens is 444 g/mol. The highest BCUT2D eigenvalue weighted by Crippen LogP contribution is 2.44. The van der Waals surface area contributed by atoms with Crippen LogP contribution in [0.5, 0.6) is 0 Å².